The highest BCUT2D eigenvalue weighted by atomic mass is 16.5. The topological polar surface area (TPSA) is 37.0 Å². The van der Waals surface area contributed by atoms with E-state index in [2.05, 4.69) is 16.4 Å². The van der Waals surface area contributed by atoms with Crippen LogP contribution in [0.4, 0.5) is 5.82 Å². The number of nitrogens with one attached hydrogen (secondary N) is 2. The van der Waals surface area contributed by atoms with E-state index in [0.29, 0.717) is 6.73 Å². The maximum Gasteiger partial charge on any atom is 0.171 e. The summed E-state index contributed by atoms with van der Waals surface area (Å²) in [6, 6.07) is 8.11. The highest BCUT2D eigenvalue weighted by molar-refractivity contribution is 5.93. The average Bonchev–Trinajstić information content (AvgIpc) is 2.62. The van der Waals surface area contributed by atoms with Crippen LogP contribution < -0.4 is 10.1 Å². The molecular formula is C9H8N2O. The summed E-state index contributed by atoms with van der Waals surface area (Å²) in [4.78, 5) is 3.24. The molecule has 2 aromatic rings. The van der Waals surface area contributed by atoms with Crippen LogP contribution >= 0.6 is 0 Å². The molecule has 0 radical (unpaired) electrons. The Labute approximate surface area is 69.3 Å². The van der Waals surface area contributed by atoms with Crippen molar-refractivity contribution in [1.82, 2.24) is 4.98 Å². The summed E-state index contributed by atoms with van der Waals surface area (Å²) in [6.45, 7) is 0.575. The molecule has 60 valence electrons. The van der Waals surface area contributed by atoms with Gasteiger partial charge in [-0.1, -0.05) is 12.1 Å². The molecule has 0 atom stereocenters. The third kappa shape index (κ3) is 0.605. The Hall–Kier alpha value is -1.64. The summed E-state index contributed by atoms with van der Waals surface area (Å²) >= 11 is 0. The van der Waals surface area contributed by atoms with E-state index in [1.165, 1.54) is 0 Å². The molecule has 0 amide bonds. The third-order valence-corrected chi connectivity index (χ3v) is 2.12. The number of hydrogen-bond donors (Lipinski definition) is 2. The predicted octanol–water partition coefficient (Wildman–Crippen LogP) is 1.93. The molecule has 3 nitrogen and oxygen atoms in total. The molecule has 1 aliphatic heterocycles. The zero-order valence-corrected chi connectivity index (χ0v) is 6.42. The van der Waals surface area contributed by atoms with E-state index in [0.717, 1.165) is 22.5 Å². The SMILES string of the molecule is c1ccc2c3c([nH]c2c1)NCO3. The van der Waals surface area contributed by atoms with Gasteiger partial charge < -0.3 is 15.0 Å². The van der Waals surface area contributed by atoms with Gasteiger partial charge in [-0.2, -0.15) is 0 Å². The summed E-state index contributed by atoms with van der Waals surface area (Å²) in [7, 11) is 0. The highest BCUT2D eigenvalue weighted by Gasteiger charge is 2.16. The lowest BCUT2D eigenvalue weighted by Gasteiger charge is -1.93. The molecule has 12 heavy (non-hydrogen) atoms. The molecule has 1 aromatic heterocycles. The van der Waals surface area contributed by atoms with Gasteiger partial charge in [0.25, 0.3) is 0 Å². The second kappa shape index (κ2) is 1.94. The molecular weight excluding hydrogens is 152 g/mol. The van der Waals surface area contributed by atoms with Crippen LogP contribution in [0.25, 0.3) is 10.9 Å². The van der Waals surface area contributed by atoms with Gasteiger partial charge in [0.1, 0.15) is 5.82 Å². The zero-order chi connectivity index (χ0) is 7.97. The number of anilines is 1. The number of benzene rings is 1. The number of rotatable bonds is 0. The summed E-state index contributed by atoms with van der Waals surface area (Å²) in [6.07, 6.45) is 0. The van der Waals surface area contributed by atoms with E-state index in [4.69, 9.17) is 4.74 Å². The van der Waals surface area contributed by atoms with Crippen molar-refractivity contribution in [2.75, 3.05) is 12.0 Å². The first-order valence-electron chi connectivity index (χ1n) is 3.92. The van der Waals surface area contributed by atoms with E-state index >= 15 is 0 Å². The van der Waals surface area contributed by atoms with Crippen LogP contribution in [0.1, 0.15) is 0 Å². The molecule has 2 N–H and O–H groups in total. The summed E-state index contributed by atoms with van der Waals surface area (Å²) in [5.41, 5.74) is 1.12. The van der Waals surface area contributed by atoms with Gasteiger partial charge in [-0.25, -0.2) is 0 Å². The highest BCUT2D eigenvalue weighted by Crippen LogP contribution is 2.36. The molecule has 0 bridgehead atoms. The first kappa shape index (κ1) is 5.94. The number of ether oxygens (including phenoxy) is 1. The number of hydrogen-bond acceptors (Lipinski definition) is 2. The van der Waals surface area contributed by atoms with Gasteiger partial charge in [-0.05, 0) is 12.1 Å². The number of aromatic amines is 1. The smallest absolute Gasteiger partial charge is 0.171 e. The van der Waals surface area contributed by atoms with Crippen molar-refractivity contribution < 1.29 is 4.74 Å². The van der Waals surface area contributed by atoms with E-state index < -0.39 is 0 Å². The van der Waals surface area contributed by atoms with Crippen LogP contribution in [-0.4, -0.2) is 11.7 Å². The first-order valence-corrected chi connectivity index (χ1v) is 3.92. The monoisotopic (exact) mass is 160 g/mol. The molecule has 0 spiro atoms. The van der Waals surface area contributed by atoms with E-state index in [1.54, 1.807) is 0 Å². The molecule has 0 aliphatic carbocycles. The van der Waals surface area contributed by atoms with Gasteiger partial charge in [0.15, 0.2) is 12.5 Å². The third-order valence-electron chi connectivity index (χ3n) is 2.12. The van der Waals surface area contributed by atoms with Crippen molar-refractivity contribution in [2.24, 2.45) is 0 Å². The van der Waals surface area contributed by atoms with Gasteiger partial charge in [0.2, 0.25) is 0 Å². The molecule has 1 aliphatic rings. The quantitative estimate of drug-likeness (QED) is 0.617. The van der Waals surface area contributed by atoms with Crippen molar-refractivity contribution in [3.05, 3.63) is 24.3 Å². The van der Waals surface area contributed by atoms with Crippen molar-refractivity contribution in [1.29, 1.82) is 0 Å². The number of fused-ring (bicyclic) bond motifs is 3. The normalized spacial score (nSPS) is 14.0. The minimum absolute atomic E-state index is 0.575. The lowest BCUT2D eigenvalue weighted by molar-refractivity contribution is 0.376. The van der Waals surface area contributed by atoms with Crippen LogP contribution in [0, 0.1) is 0 Å². The number of para-hydroxylation sites is 1. The van der Waals surface area contributed by atoms with Gasteiger partial charge in [-0.15, -0.1) is 0 Å². The van der Waals surface area contributed by atoms with Crippen molar-refractivity contribution in [3.63, 3.8) is 0 Å². The van der Waals surface area contributed by atoms with E-state index in [1.807, 2.05) is 18.2 Å². The number of aromatic nitrogens is 1. The fourth-order valence-corrected chi connectivity index (χ4v) is 1.57. The largest absolute Gasteiger partial charge is 0.469 e. The van der Waals surface area contributed by atoms with Gasteiger partial charge >= 0.3 is 0 Å². The maximum absolute atomic E-state index is 5.41. The molecule has 0 saturated heterocycles. The number of H-pyrrole nitrogens is 1. The summed E-state index contributed by atoms with van der Waals surface area (Å²) in [5, 5.41) is 4.26. The molecule has 0 saturated carbocycles. The molecule has 3 heteroatoms. The van der Waals surface area contributed by atoms with Crippen LogP contribution in [0.5, 0.6) is 5.75 Å². The lowest BCUT2D eigenvalue weighted by Crippen LogP contribution is -1.98. The average molecular weight is 160 g/mol. The van der Waals surface area contributed by atoms with Crippen LogP contribution in [-0.2, 0) is 0 Å². The van der Waals surface area contributed by atoms with E-state index in [-0.39, 0.29) is 0 Å². The molecule has 3 rings (SSSR count). The minimum atomic E-state index is 0.575. The van der Waals surface area contributed by atoms with E-state index in [9.17, 15) is 0 Å². The minimum Gasteiger partial charge on any atom is -0.469 e. The predicted molar refractivity (Wildman–Crippen MR) is 47.4 cm³/mol. The molecule has 1 aromatic carbocycles. The van der Waals surface area contributed by atoms with Gasteiger partial charge in [0.05, 0.1) is 5.52 Å². The van der Waals surface area contributed by atoms with Crippen molar-refractivity contribution >= 4 is 16.7 Å². The summed E-state index contributed by atoms with van der Waals surface area (Å²) in [5.74, 6) is 1.95. The van der Waals surface area contributed by atoms with Gasteiger partial charge in [0, 0.05) is 5.39 Å². The second-order valence-electron chi connectivity index (χ2n) is 2.84. The lowest BCUT2D eigenvalue weighted by atomic mass is 10.2. The Morgan fingerprint density at radius 3 is 3.17 bits per heavy atom. The van der Waals surface area contributed by atoms with Crippen molar-refractivity contribution in [3.8, 4) is 5.75 Å². The fourth-order valence-electron chi connectivity index (χ4n) is 1.57. The Morgan fingerprint density at radius 1 is 1.25 bits per heavy atom. The Balaban J connectivity index is 2.44. The first-order chi connectivity index (χ1) is 5.95. The van der Waals surface area contributed by atoms with Crippen LogP contribution in [0.3, 0.4) is 0 Å². The van der Waals surface area contributed by atoms with Gasteiger partial charge in [-0.3, -0.25) is 0 Å². The van der Waals surface area contributed by atoms with Crippen molar-refractivity contribution in [2.45, 2.75) is 0 Å². The second-order valence-corrected chi connectivity index (χ2v) is 2.84. The standard InChI is InChI=1S/C9H8N2O/c1-2-4-7-6(3-1)8-9(11-7)10-5-12-8/h1-4,10-11H,5H2. The summed E-state index contributed by atoms with van der Waals surface area (Å²) < 4.78 is 5.41. The van der Waals surface area contributed by atoms with Crippen LogP contribution in [0.2, 0.25) is 0 Å². The molecule has 0 fully saturated rings. The Bertz CT molecular complexity index is 433. The Morgan fingerprint density at radius 2 is 2.17 bits per heavy atom. The molecule has 2 heterocycles. The molecule has 0 unspecified atom stereocenters. The van der Waals surface area contributed by atoms with Crippen LogP contribution in [0.15, 0.2) is 24.3 Å². The Kier molecular flexibility index (Phi) is 0.961. The zero-order valence-electron chi connectivity index (χ0n) is 6.42. The fraction of sp³-hybridized carbons (Fsp3) is 0.111. The maximum atomic E-state index is 5.41.